The molecule has 0 aromatic heterocycles. The van der Waals surface area contributed by atoms with Gasteiger partial charge in [0.2, 0.25) is 11.8 Å². The minimum absolute atomic E-state index is 0.00317. The molecule has 1 aromatic carbocycles. The van der Waals surface area contributed by atoms with E-state index in [1.165, 1.54) is 0 Å². The van der Waals surface area contributed by atoms with Gasteiger partial charge in [-0.2, -0.15) is 0 Å². The summed E-state index contributed by atoms with van der Waals surface area (Å²) in [6, 6.07) is 7.82. The Morgan fingerprint density at radius 1 is 1.45 bits per heavy atom. The molecule has 1 aliphatic heterocycles. The summed E-state index contributed by atoms with van der Waals surface area (Å²) in [4.78, 5) is 26.1. The second kappa shape index (κ2) is 7.40. The van der Waals surface area contributed by atoms with Gasteiger partial charge in [0.25, 0.3) is 0 Å². The number of benzene rings is 1. The van der Waals surface area contributed by atoms with Gasteiger partial charge in [0, 0.05) is 25.2 Å². The van der Waals surface area contributed by atoms with E-state index in [-0.39, 0.29) is 24.2 Å². The highest BCUT2D eigenvalue weighted by atomic mass is 16.3. The maximum absolute atomic E-state index is 12.2. The van der Waals surface area contributed by atoms with Crippen molar-refractivity contribution in [1.82, 2.24) is 5.32 Å². The third-order valence-electron chi connectivity index (χ3n) is 4.02. The van der Waals surface area contributed by atoms with Gasteiger partial charge < -0.3 is 15.3 Å². The molecule has 0 unspecified atom stereocenters. The number of hydrogen-bond donors (Lipinski definition) is 2. The summed E-state index contributed by atoms with van der Waals surface area (Å²) < 4.78 is 0. The first kappa shape index (κ1) is 16.5. The number of carbonyl (C=O) groups is 2. The third kappa shape index (κ3) is 3.85. The molecular weight excluding hydrogens is 280 g/mol. The predicted molar refractivity (Wildman–Crippen MR) is 85.6 cm³/mol. The van der Waals surface area contributed by atoms with Crippen molar-refractivity contribution in [2.75, 3.05) is 18.0 Å². The van der Waals surface area contributed by atoms with Gasteiger partial charge in [-0.25, -0.2) is 0 Å². The highest BCUT2D eigenvalue weighted by Crippen LogP contribution is 2.28. The number of amides is 2. The van der Waals surface area contributed by atoms with Crippen LogP contribution in [0.4, 0.5) is 5.69 Å². The van der Waals surface area contributed by atoms with Crippen molar-refractivity contribution in [3.63, 3.8) is 0 Å². The largest absolute Gasteiger partial charge is 0.393 e. The van der Waals surface area contributed by atoms with Gasteiger partial charge in [0.05, 0.1) is 12.0 Å². The molecule has 1 saturated heterocycles. The molecule has 0 bridgehead atoms. The second-order valence-corrected chi connectivity index (χ2v) is 5.82. The molecule has 1 aliphatic rings. The van der Waals surface area contributed by atoms with E-state index in [1.807, 2.05) is 24.3 Å². The van der Waals surface area contributed by atoms with Crippen molar-refractivity contribution in [1.29, 1.82) is 0 Å². The van der Waals surface area contributed by atoms with Crippen molar-refractivity contribution in [2.45, 2.75) is 39.2 Å². The standard InChI is InChI=1S/C17H24N2O3/c1-3-13-6-4-5-7-15(13)19-11-14(10-16(19)21)17(22)18-9-8-12(2)20/h4-7,12,14,20H,3,8-11H2,1-2H3,(H,18,22)/t12-,14-/m0/s1. The molecular formula is C17H24N2O3. The quantitative estimate of drug-likeness (QED) is 0.836. The Morgan fingerprint density at radius 3 is 2.86 bits per heavy atom. The Labute approximate surface area is 131 Å². The van der Waals surface area contributed by atoms with Crippen LogP contribution in [-0.4, -0.2) is 36.1 Å². The Bertz CT molecular complexity index is 542. The highest BCUT2D eigenvalue weighted by Gasteiger charge is 2.35. The summed E-state index contributed by atoms with van der Waals surface area (Å²) in [5.74, 6) is -0.423. The number of aryl methyl sites for hydroxylation is 1. The summed E-state index contributed by atoms with van der Waals surface area (Å²) in [6.45, 7) is 4.61. The lowest BCUT2D eigenvalue weighted by Crippen LogP contribution is -2.34. The van der Waals surface area contributed by atoms with Crippen molar-refractivity contribution < 1.29 is 14.7 Å². The molecule has 2 atom stereocenters. The van der Waals surface area contributed by atoms with E-state index in [9.17, 15) is 14.7 Å². The number of nitrogens with zero attached hydrogens (tertiary/aromatic N) is 1. The van der Waals surface area contributed by atoms with Crippen LogP contribution in [0.5, 0.6) is 0 Å². The smallest absolute Gasteiger partial charge is 0.227 e. The van der Waals surface area contributed by atoms with Crippen LogP contribution in [0, 0.1) is 5.92 Å². The number of rotatable bonds is 6. The van der Waals surface area contributed by atoms with Crippen molar-refractivity contribution in [3.05, 3.63) is 29.8 Å². The summed E-state index contributed by atoms with van der Waals surface area (Å²) in [5.41, 5.74) is 2.03. The zero-order chi connectivity index (χ0) is 16.1. The van der Waals surface area contributed by atoms with Crippen LogP contribution in [0.15, 0.2) is 24.3 Å². The molecule has 0 spiro atoms. The molecule has 22 heavy (non-hydrogen) atoms. The first-order valence-electron chi connectivity index (χ1n) is 7.87. The molecule has 1 heterocycles. The number of hydrogen-bond acceptors (Lipinski definition) is 3. The average molecular weight is 304 g/mol. The summed E-state index contributed by atoms with van der Waals surface area (Å²) in [6.07, 6.45) is 1.19. The van der Waals surface area contributed by atoms with Gasteiger partial charge in [-0.15, -0.1) is 0 Å². The Kier molecular flexibility index (Phi) is 5.55. The van der Waals surface area contributed by atoms with Crippen molar-refractivity contribution >= 4 is 17.5 Å². The molecule has 2 amide bonds. The number of anilines is 1. The van der Waals surface area contributed by atoms with Crippen LogP contribution in [0.2, 0.25) is 0 Å². The Balaban J connectivity index is 2.00. The zero-order valence-corrected chi connectivity index (χ0v) is 13.2. The summed E-state index contributed by atoms with van der Waals surface area (Å²) in [7, 11) is 0. The van der Waals surface area contributed by atoms with Gasteiger partial charge in [-0.3, -0.25) is 9.59 Å². The molecule has 0 radical (unpaired) electrons. The third-order valence-corrected chi connectivity index (χ3v) is 4.02. The topological polar surface area (TPSA) is 69.6 Å². The Morgan fingerprint density at radius 2 is 2.18 bits per heavy atom. The number of carbonyl (C=O) groups excluding carboxylic acids is 2. The molecule has 2 rings (SSSR count). The van der Waals surface area contributed by atoms with E-state index in [2.05, 4.69) is 12.2 Å². The second-order valence-electron chi connectivity index (χ2n) is 5.82. The van der Waals surface area contributed by atoms with E-state index in [0.717, 1.165) is 17.7 Å². The van der Waals surface area contributed by atoms with E-state index >= 15 is 0 Å². The summed E-state index contributed by atoms with van der Waals surface area (Å²) in [5, 5.41) is 12.0. The van der Waals surface area contributed by atoms with Gasteiger partial charge in [0.1, 0.15) is 0 Å². The first-order chi connectivity index (χ1) is 10.5. The lowest BCUT2D eigenvalue weighted by molar-refractivity contribution is -0.126. The SMILES string of the molecule is CCc1ccccc1N1C[C@@H](C(=O)NCC[C@H](C)O)CC1=O. The van der Waals surface area contributed by atoms with Crippen LogP contribution in [0.3, 0.4) is 0 Å². The van der Waals surface area contributed by atoms with Crippen LogP contribution >= 0.6 is 0 Å². The van der Waals surface area contributed by atoms with Crippen molar-refractivity contribution in [2.24, 2.45) is 5.92 Å². The van der Waals surface area contributed by atoms with E-state index in [4.69, 9.17) is 0 Å². The minimum atomic E-state index is -0.432. The lowest BCUT2D eigenvalue weighted by Gasteiger charge is -2.20. The first-order valence-corrected chi connectivity index (χ1v) is 7.87. The van der Waals surface area contributed by atoms with Gasteiger partial charge in [0.15, 0.2) is 0 Å². The lowest BCUT2D eigenvalue weighted by atomic mass is 10.1. The number of para-hydroxylation sites is 1. The molecule has 120 valence electrons. The van der Waals surface area contributed by atoms with Gasteiger partial charge >= 0.3 is 0 Å². The van der Waals surface area contributed by atoms with Crippen LogP contribution in [-0.2, 0) is 16.0 Å². The number of aliphatic hydroxyl groups is 1. The van der Waals surface area contributed by atoms with Crippen LogP contribution in [0.1, 0.15) is 32.3 Å². The fourth-order valence-corrected chi connectivity index (χ4v) is 2.74. The molecule has 5 heteroatoms. The van der Waals surface area contributed by atoms with Crippen molar-refractivity contribution in [3.8, 4) is 0 Å². The molecule has 0 saturated carbocycles. The monoisotopic (exact) mass is 304 g/mol. The number of aliphatic hydroxyl groups excluding tert-OH is 1. The average Bonchev–Trinajstić information content (AvgIpc) is 2.88. The molecule has 1 fully saturated rings. The van der Waals surface area contributed by atoms with Crippen LogP contribution < -0.4 is 10.2 Å². The maximum Gasteiger partial charge on any atom is 0.227 e. The predicted octanol–water partition coefficient (Wildman–Crippen LogP) is 1.49. The molecule has 0 aliphatic carbocycles. The fourth-order valence-electron chi connectivity index (χ4n) is 2.74. The minimum Gasteiger partial charge on any atom is -0.393 e. The summed E-state index contributed by atoms with van der Waals surface area (Å²) >= 11 is 0. The van der Waals surface area contributed by atoms with E-state index in [0.29, 0.717) is 19.5 Å². The maximum atomic E-state index is 12.2. The zero-order valence-electron chi connectivity index (χ0n) is 13.2. The van der Waals surface area contributed by atoms with E-state index in [1.54, 1.807) is 11.8 Å². The van der Waals surface area contributed by atoms with E-state index < -0.39 is 6.10 Å². The van der Waals surface area contributed by atoms with Gasteiger partial charge in [-0.05, 0) is 31.4 Å². The fraction of sp³-hybridized carbons (Fsp3) is 0.529. The van der Waals surface area contributed by atoms with Gasteiger partial charge in [-0.1, -0.05) is 25.1 Å². The number of nitrogens with one attached hydrogen (secondary N) is 1. The van der Waals surface area contributed by atoms with Crippen LogP contribution in [0.25, 0.3) is 0 Å². The molecule has 1 aromatic rings. The normalized spacial score (nSPS) is 19.3. The molecule has 5 nitrogen and oxygen atoms in total. The molecule has 2 N–H and O–H groups in total. The highest BCUT2D eigenvalue weighted by molar-refractivity contribution is 6.00. The Hall–Kier alpha value is -1.88.